The number of carbonyl (C=O) groups is 1. The minimum atomic E-state index is -0.500. The van der Waals surface area contributed by atoms with Crippen molar-refractivity contribution in [3.8, 4) is 11.3 Å². The molecule has 1 heterocycles. The van der Waals surface area contributed by atoms with E-state index >= 15 is 0 Å². The van der Waals surface area contributed by atoms with Gasteiger partial charge in [0, 0.05) is 10.6 Å². The first-order valence-electron chi connectivity index (χ1n) is 5.92. The van der Waals surface area contributed by atoms with Crippen LogP contribution in [0.15, 0.2) is 29.1 Å². The summed E-state index contributed by atoms with van der Waals surface area (Å²) in [6.45, 7) is 1.75. The lowest BCUT2D eigenvalue weighted by atomic mass is 10.1. The Kier molecular flexibility index (Phi) is 4.52. The lowest BCUT2D eigenvalue weighted by Crippen LogP contribution is -2.23. The van der Waals surface area contributed by atoms with Crippen LogP contribution < -0.4 is 5.69 Å². The molecule has 0 unspecified atom stereocenters. The molecule has 1 aromatic heterocycles. The van der Waals surface area contributed by atoms with Crippen molar-refractivity contribution in [2.75, 3.05) is 6.61 Å². The number of imidazole rings is 1. The summed E-state index contributed by atoms with van der Waals surface area (Å²) in [5.41, 5.74) is 0.649. The molecule has 0 bridgehead atoms. The van der Waals surface area contributed by atoms with Gasteiger partial charge in [-0.25, -0.2) is 4.79 Å². The molecular weight excluding hydrogens is 303 g/mol. The normalized spacial score (nSPS) is 10.6. The van der Waals surface area contributed by atoms with Crippen LogP contribution in [0.5, 0.6) is 0 Å². The third kappa shape index (κ3) is 3.05. The SMILES string of the molecule is CCOC(=O)Cn1c(-c2ccc(Cl)cc2)c(Cl)[nH]c1=O. The molecule has 7 heteroatoms. The number of hydrogen-bond acceptors (Lipinski definition) is 3. The zero-order valence-electron chi connectivity index (χ0n) is 10.7. The first kappa shape index (κ1) is 14.7. The third-order valence-corrected chi connectivity index (χ3v) is 3.18. The number of rotatable bonds is 4. The van der Waals surface area contributed by atoms with E-state index in [1.54, 1.807) is 31.2 Å². The fourth-order valence-corrected chi connectivity index (χ4v) is 2.24. The number of H-pyrrole nitrogens is 1. The van der Waals surface area contributed by atoms with E-state index in [-0.39, 0.29) is 18.3 Å². The van der Waals surface area contributed by atoms with Gasteiger partial charge in [-0.15, -0.1) is 0 Å². The van der Waals surface area contributed by atoms with E-state index in [1.165, 1.54) is 4.57 Å². The van der Waals surface area contributed by atoms with E-state index in [1.807, 2.05) is 0 Å². The second-order valence-corrected chi connectivity index (χ2v) is 4.81. The van der Waals surface area contributed by atoms with E-state index in [4.69, 9.17) is 27.9 Å². The zero-order chi connectivity index (χ0) is 14.7. The van der Waals surface area contributed by atoms with Crippen LogP contribution in [-0.4, -0.2) is 22.1 Å². The van der Waals surface area contributed by atoms with E-state index < -0.39 is 11.7 Å². The van der Waals surface area contributed by atoms with Gasteiger partial charge in [0.2, 0.25) is 0 Å². The largest absolute Gasteiger partial charge is 0.465 e. The number of benzene rings is 1. The molecule has 1 N–H and O–H groups in total. The van der Waals surface area contributed by atoms with Crippen LogP contribution >= 0.6 is 23.2 Å². The van der Waals surface area contributed by atoms with Gasteiger partial charge in [0.25, 0.3) is 0 Å². The van der Waals surface area contributed by atoms with Gasteiger partial charge in [0.15, 0.2) is 0 Å². The highest BCUT2D eigenvalue weighted by Gasteiger charge is 2.17. The maximum Gasteiger partial charge on any atom is 0.327 e. The molecule has 0 aliphatic rings. The van der Waals surface area contributed by atoms with Crippen LogP contribution in [0.2, 0.25) is 10.2 Å². The molecule has 1 aromatic carbocycles. The Labute approximate surface area is 125 Å². The van der Waals surface area contributed by atoms with Crippen molar-refractivity contribution in [2.45, 2.75) is 13.5 Å². The van der Waals surface area contributed by atoms with Crippen molar-refractivity contribution in [3.05, 3.63) is 44.9 Å². The van der Waals surface area contributed by atoms with E-state index in [0.29, 0.717) is 16.3 Å². The van der Waals surface area contributed by atoms with Gasteiger partial charge in [-0.1, -0.05) is 35.3 Å². The van der Waals surface area contributed by atoms with Crippen molar-refractivity contribution in [2.24, 2.45) is 0 Å². The van der Waals surface area contributed by atoms with Gasteiger partial charge < -0.3 is 4.74 Å². The Balaban J connectivity index is 2.45. The molecule has 106 valence electrons. The second kappa shape index (κ2) is 6.15. The van der Waals surface area contributed by atoms with Crippen LogP contribution in [0.4, 0.5) is 0 Å². The summed E-state index contributed by atoms with van der Waals surface area (Å²) in [5.74, 6) is -0.500. The Hall–Kier alpha value is -1.72. The maximum atomic E-state index is 11.8. The van der Waals surface area contributed by atoms with Crippen LogP contribution in [0.3, 0.4) is 0 Å². The zero-order valence-corrected chi connectivity index (χ0v) is 12.2. The quantitative estimate of drug-likeness (QED) is 0.882. The van der Waals surface area contributed by atoms with Gasteiger partial charge in [0.05, 0.1) is 12.3 Å². The Morgan fingerprint density at radius 3 is 2.55 bits per heavy atom. The highest BCUT2D eigenvalue weighted by atomic mass is 35.5. The maximum absolute atomic E-state index is 11.8. The van der Waals surface area contributed by atoms with Crippen molar-refractivity contribution in [3.63, 3.8) is 0 Å². The smallest absolute Gasteiger partial charge is 0.327 e. The number of aromatic amines is 1. The first-order valence-corrected chi connectivity index (χ1v) is 6.68. The average Bonchev–Trinajstić information content (AvgIpc) is 2.66. The highest BCUT2D eigenvalue weighted by molar-refractivity contribution is 6.32. The molecule has 0 aliphatic heterocycles. The molecular formula is C13H12Cl2N2O3. The minimum Gasteiger partial charge on any atom is -0.465 e. The molecule has 2 rings (SSSR count). The molecule has 20 heavy (non-hydrogen) atoms. The van der Waals surface area contributed by atoms with Crippen molar-refractivity contribution >= 4 is 29.2 Å². The third-order valence-electron chi connectivity index (χ3n) is 2.65. The summed E-state index contributed by atoms with van der Waals surface area (Å²) in [6.07, 6.45) is 0. The van der Waals surface area contributed by atoms with Crippen LogP contribution in [0, 0.1) is 0 Å². The van der Waals surface area contributed by atoms with E-state index in [0.717, 1.165) is 0 Å². The number of carbonyl (C=O) groups excluding carboxylic acids is 1. The molecule has 0 amide bonds. The number of nitrogens with zero attached hydrogens (tertiary/aromatic N) is 1. The average molecular weight is 315 g/mol. The van der Waals surface area contributed by atoms with Crippen molar-refractivity contribution in [1.29, 1.82) is 0 Å². The molecule has 0 fully saturated rings. The Bertz CT molecular complexity index is 674. The molecule has 0 saturated carbocycles. The van der Waals surface area contributed by atoms with Crippen LogP contribution in [0.25, 0.3) is 11.3 Å². The fraction of sp³-hybridized carbons (Fsp3) is 0.231. The predicted octanol–water partition coefficient (Wildman–Crippen LogP) is 2.71. The summed E-state index contributed by atoms with van der Waals surface area (Å²) in [7, 11) is 0. The molecule has 0 radical (unpaired) electrons. The predicted molar refractivity (Wildman–Crippen MR) is 77.1 cm³/mol. The molecule has 5 nitrogen and oxygen atoms in total. The van der Waals surface area contributed by atoms with Crippen molar-refractivity contribution in [1.82, 2.24) is 9.55 Å². The number of aromatic nitrogens is 2. The fourth-order valence-electron chi connectivity index (χ4n) is 1.82. The Morgan fingerprint density at radius 2 is 1.95 bits per heavy atom. The van der Waals surface area contributed by atoms with Gasteiger partial charge in [-0.05, 0) is 19.1 Å². The summed E-state index contributed by atoms with van der Waals surface area (Å²) >= 11 is 11.8. The molecule has 0 saturated heterocycles. The molecule has 0 atom stereocenters. The van der Waals surface area contributed by atoms with Crippen LogP contribution in [0.1, 0.15) is 6.92 Å². The monoisotopic (exact) mass is 314 g/mol. The number of nitrogens with one attached hydrogen (secondary N) is 1. The number of hydrogen-bond donors (Lipinski definition) is 1. The van der Waals surface area contributed by atoms with Gasteiger partial charge in [-0.2, -0.15) is 0 Å². The standard InChI is InChI=1S/C13H12Cl2N2O3/c1-2-20-10(18)7-17-11(12(15)16-13(17)19)8-3-5-9(14)6-4-8/h3-6H,2,7H2,1H3,(H,16,19). The molecule has 2 aromatic rings. The second-order valence-electron chi connectivity index (χ2n) is 3.99. The number of esters is 1. The van der Waals surface area contributed by atoms with Crippen LogP contribution in [-0.2, 0) is 16.1 Å². The minimum absolute atomic E-state index is 0.168. The van der Waals surface area contributed by atoms with Gasteiger partial charge >= 0.3 is 11.7 Å². The molecule has 0 spiro atoms. The lowest BCUT2D eigenvalue weighted by molar-refractivity contribution is -0.143. The Morgan fingerprint density at radius 1 is 1.30 bits per heavy atom. The summed E-state index contributed by atoms with van der Waals surface area (Å²) < 4.78 is 6.08. The first-order chi connectivity index (χ1) is 9.52. The highest BCUT2D eigenvalue weighted by Crippen LogP contribution is 2.26. The van der Waals surface area contributed by atoms with E-state index in [9.17, 15) is 9.59 Å². The summed E-state index contributed by atoms with van der Waals surface area (Å²) in [4.78, 5) is 25.9. The number of ether oxygens (including phenoxy) is 1. The lowest BCUT2D eigenvalue weighted by Gasteiger charge is -2.07. The molecule has 0 aliphatic carbocycles. The topological polar surface area (TPSA) is 64.1 Å². The van der Waals surface area contributed by atoms with Crippen molar-refractivity contribution < 1.29 is 9.53 Å². The van der Waals surface area contributed by atoms with E-state index in [2.05, 4.69) is 4.98 Å². The van der Waals surface area contributed by atoms with Gasteiger partial charge in [-0.3, -0.25) is 14.3 Å². The number of halogens is 2. The summed E-state index contributed by atoms with van der Waals surface area (Å²) in [6, 6.07) is 6.80. The van der Waals surface area contributed by atoms with Gasteiger partial charge in [0.1, 0.15) is 11.7 Å². The summed E-state index contributed by atoms with van der Waals surface area (Å²) in [5, 5.41) is 0.737.